The average Bonchev–Trinajstić information content (AvgIpc) is 2.50. The van der Waals surface area contributed by atoms with E-state index in [0.29, 0.717) is 17.8 Å². The van der Waals surface area contributed by atoms with Crippen LogP contribution in [0.4, 0.5) is 0 Å². The third-order valence-corrected chi connectivity index (χ3v) is 3.31. The molecular formula is C16H24N2O2. The second kappa shape index (κ2) is 10.0. The molecule has 1 aromatic rings. The van der Waals surface area contributed by atoms with E-state index >= 15 is 0 Å². The smallest absolute Gasteiger partial charge is 0.134 e. The van der Waals surface area contributed by atoms with Gasteiger partial charge in [-0.1, -0.05) is 79.7 Å². The van der Waals surface area contributed by atoms with Crippen LogP contribution in [0.1, 0.15) is 57.4 Å². The Labute approximate surface area is 120 Å². The first-order valence-electron chi connectivity index (χ1n) is 7.32. The summed E-state index contributed by atoms with van der Waals surface area (Å²) in [4.78, 5) is 0. The average molecular weight is 276 g/mol. The summed E-state index contributed by atoms with van der Waals surface area (Å²) >= 11 is 0. The maximum Gasteiger partial charge on any atom is 0.134 e. The maximum absolute atomic E-state index is 9.15. The van der Waals surface area contributed by atoms with Crippen molar-refractivity contribution >= 4 is 11.4 Å². The molecule has 0 aliphatic rings. The van der Waals surface area contributed by atoms with Gasteiger partial charge in [0, 0.05) is 5.56 Å². The molecule has 0 fully saturated rings. The van der Waals surface area contributed by atoms with Crippen LogP contribution in [0.3, 0.4) is 0 Å². The van der Waals surface area contributed by atoms with Gasteiger partial charge in [0.2, 0.25) is 0 Å². The molecule has 0 amide bonds. The lowest BCUT2D eigenvalue weighted by atomic mass is 10.0. The molecule has 0 aliphatic carbocycles. The van der Waals surface area contributed by atoms with Crippen molar-refractivity contribution in [2.24, 2.45) is 10.3 Å². The summed E-state index contributed by atoms with van der Waals surface area (Å²) in [5.41, 5.74) is 1.55. The molecule has 0 atom stereocenters. The van der Waals surface area contributed by atoms with E-state index in [4.69, 9.17) is 10.4 Å². The number of benzene rings is 1. The number of rotatable bonds is 9. The summed E-state index contributed by atoms with van der Waals surface area (Å²) in [5, 5.41) is 24.9. The van der Waals surface area contributed by atoms with Gasteiger partial charge in [-0.2, -0.15) is 0 Å². The molecule has 0 radical (unpaired) electrons. The second-order valence-electron chi connectivity index (χ2n) is 4.88. The zero-order valence-electron chi connectivity index (χ0n) is 12.1. The lowest BCUT2D eigenvalue weighted by molar-refractivity contribution is 0.313. The molecule has 2 N–H and O–H groups in total. The van der Waals surface area contributed by atoms with Crippen LogP contribution in [-0.2, 0) is 0 Å². The van der Waals surface area contributed by atoms with E-state index in [2.05, 4.69) is 17.2 Å². The number of unbranched alkanes of at least 4 members (excludes halogenated alkanes) is 5. The number of hydrogen-bond acceptors (Lipinski definition) is 4. The monoisotopic (exact) mass is 276 g/mol. The van der Waals surface area contributed by atoms with Crippen LogP contribution < -0.4 is 0 Å². The van der Waals surface area contributed by atoms with E-state index in [-0.39, 0.29) is 0 Å². The van der Waals surface area contributed by atoms with Crippen LogP contribution in [-0.4, -0.2) is 21.8 Å². The van der Waals surface area contributed by atoms with Crippen molar-refractivity contribution in [1.82, 2.24) is 0 Å². The van der Waals surface area contributed by atoms with Crippen molar-refractivity contribution in [2.75, 3.05) is 0 Å². The molecule has 0 saturated heterocycles. The molecule has 0 heterocycles. The Morgan fingerprint density at radius 3 is 2.15 bits per heavy atom. The van der Waals surface area contributed by atoms with Crippen LogP contribution in [0, 0.1) is 0 Å². The standard InChI is InChI=1S/C16H24N2O2/c1-2-3-4-5-6-10-13-15(17-19)16(18-20)14-11-8-7-9-12-14/h7-9,11-12,19-20H,2-6,10,13H2,1H3/b17-15-,18-16-. The van der Waals surface area contributed by atoms with Gasteiger partial charge in [0.05, 0.1) is 0 Å². The highest BCUT2D eigenvalue weighted by Gasteiger charge is 2.12. The SMILES string of the molecule is CCCCCCCCC(=N/O)/C(=N\O)c1ccccc1. The highest BCUT2D eigenvalue weighted by Crippen LogP contribution is 2.11. The van der Waals surface area contributed by atoms with Crippen LogP contribution in [0.2, 0.25) is 0 Å². The Hall–Kier alpha value is -1.84. The van der Waals surface area contributed by atoms with E-state index in [9.17, 15) is 0 Å². The maximum atomic E-state index is 9.15. The van der Waals surface area contributed by atoms with Crippen molar-refractivity contribution in [3.05, 3.63) is 35.9 Å². The van der Waals surface area contributed by atoms with E-state index in [1.54, 1.807) is 0 Å². The summed E-state index contributed by atoms with van der Waals surface area (Å²) < 4.78 is 0. The predicted octanol–water partition coefficient (Wildman–Crippen LogP) is 4.45. The third kappa shape index (κ3) is 5.43. The summed E-state index contributed by atoms with van der Waals surface area (Å²) in [6, 6.07) is 9.28. The predicted molar refractivity (Wildman–Crippen MR) is 82.0 cm³/mol. The van der Waals surface area contributed by atoms with Gasteiger partial charge in [-0.25, -0.2) is 0 Å². The van der Waals surface area contributed by atoms with Gasteiger partial charge in [-0.3, -0.25) is 0 Å². The van der Waals surface area contributed by atoms with Crippen molar-refractivity contribution in [3.63, 3.8) is 0 Å². The summed E-state index contributed by atoms with van der Waals surface area (Å²) in [7, 11) is 0. The molecule has 0 aliphatic heterocycles. The van der Waals surface area contributed by atoms with Crippen molar-refractivity contribution in [2.45, 2.75) is 51.9 Å². The molecule has 0 unspecified atom stereocenters. The summed E-state index contributed by atoms with van der Waals surface area (Å²) in [6.45, 7) is 2.19. The fourth-order valence-electron chi connectivity index (χ4n) is 2.17. The minimum atomic E-state index is 0.349. The van der Waals surface area contributed by atoms with Crippen molar-refractivity contribution in [3.8, 4) is 0 Å². The largest absolute Gasteiger partial charge is 0.411 e. The topological polar surface area (TPSA) is 65.2 Å². The molecule has 4 nitrogen and oxygen atoms in total. The minimum absolute atomic E-state index is 0.349. The molecule has 1 aromatic carbocycles. The van der Waals surface area contributed by atoms with Gasteiger partial charge in [0.15, 0.2) is 0 Å². The third-order valence-electron chi connectivity index (χ3n) is 3.31. The van der Waals surface area contributed by atoms with Crippen LogP contribution in [0.15, 0.2) is 40.6 Å². The Bertz CT molecular complexity index is 427. The normalized spacial score (nSPS) is 12.7. The van der Waals surface area contributed by atoms with Gasteiger partial charge in [-0.15, -0.1) is 0 Å². The molecule has 4 heteroatoms. The van der Waals surface area contributed by atoms with Gasteiger partial charge < -0.3 is 10.4 Å². The lowest BCUT2D eigenvalue weighted by Gasteiger charge is -2.07. The zero-order valence-corrected chi connectivity index (χ0v) is 12.1. The summed E-state index contributed by atoms with van der Waals surface area (Å²) in [5.74, 6) is 0. The fraction of sp³-hybridized carbons (Fsp3) is 0.500. The quantitative estimate of drug-likeness (QED) is 0.303. The minimum Gasteiger partial charge on any atom is -0.411 e. The molecule has 0 spiro atoms. The first-order valence-corrected chi connectivity index (χ1v) is 7.32. The molecule has 110 valence electrons. The fourth-order valence-corrected chi connectivity index (χ4v) is 2.17. The number of hydrogen-bond donors (Lipinski definition) is 2. The van der Waals surface area contributed by atoms with E-state index in [0.717, 1.165) is 18.4 Å². The van der Waals surface area contributed by atoms with Crippen molar-refractivity contribution < 1.29 is 10.4 Å². The van der Waals surface area contributed by atoms with E-state index in [1.165, 1.54) is 25.7 Å². The Morgan fingerprint density at radius 2 is 1.55 bits per heavy atom. The van der Waals surface area contributed by atoms with E-state index in [1.807, 2.05) is 30.3 Å². The Kier molecular flexibility index (Phi) is 8.11. The summed E-state index contributed by atoms with van der Waals surface area (Å²) in [6.07, 6.45) is 7.62. The van der Waals surface area contributed by atoms with Crippen LogP contribution in [0.25, 0.3) is 0 Å². The van der Waals surface area contributed by atoms with Gasteiger partial charge in [-0.05, 0) is 12.8 Å². The molecular weight excluding hydrogens is 252 g/mol. The molecule has 0 aromatic heterocycles. The molecule has 20 heavy (non-hydrogen) atoms. The number of nitrogens with zero attached hydrogens (tertiary/aromatic N) is 2. The number of oxime groups is 2. The van der Waals surface area contributed by atoms with Gasteiger partial charge >= 0.3 is 0 Å². The lowest BCUT2D eigenvalue weighted by Crippen LogP contribution is -2.16. The first kappa shape index (κ1) is 16.2. The molecule has 1 rings (SSSR count). The molecule has 0 saturated carbocycles. The zero-order chi connectivity index (χ0) is 14.6. The highest BCUT2D eigenvalue weighted by molar-refractivity contribution is 6.48. The van der Waals surface area contributed by atoms with Gasteiger partial charge in [0.25, 0.3) is 0 Å². The molecule has 0 bridgehead atoms. The Balaban J connectivity index is 2.49. The van der Waals surface area contributed by atoms with Crippen LogP contribution in [0.5, 0.6) is 0 Å². The highest BCUT2D eigenvalue weighted by atomic mass is 16.4. The first-order chi connectivity index (χ1) is 9.83. The Morgan fingerprint density at radius 1 is 0.900 bits per heavy atom. The van der Waals surface area contributed by atoms with Gasteiger partial charge in [0.1, 0.15) is 11.4 Å². The van der Waals surface area contributed by atoms with E-state index < -0.39 is 0 Å². The second-order valence-corrected chi connectivity index (χ2v) is 4.88. The van der Waals surface area contributed by atoms with Crippen LogP contribution >= 0.6 is 0 Å². The van der Waals surface area contributed by atoms with Crippen molar-refractivity contribution in [1.29, 1.82) is 0 Å².